The number of pyridine rings is 1. The average Bonchev–Trinajstić information content (AvgIpc) is 2.85. The van der Waals surface area contributed by atoms with E-state index in [4.69, 9.17) is 15.9 Å². The van der Waals surface area contributed by atoms with Crippen molar-refractivity contribution in [1.29, 1.82) is 5.41 Å². The predicted molar refractivity (Wildman–Crippen MR) is 130 cm³/mol. The maximum absolute atomic E-state index is 12.0. The van der Waals surface area contributed by atoms with Crippen molar-refractivity contribution in [1.82, 2.24) is 19.9 Å². The minimum Gasteiger partial charge on any atom is -0.439 e. The molecule has 3 heterocycles. The molecule has 172 valence electrons. The molecule has 1 saturated heterocycles. The topological polar surface area (TPSA) is 130 Å². The normalized spacial score (nSPS) is 13.5. The second kappa shape index (κ2) is 10.4. The molecule has 0 aliphatic carbocycles. The SMILES string of the molecule is CC#CC(=O)N1CCC(Nc2ncnc(N)c2C(=N)c2ccc(Oc3ccccc3)nc2)CC1. The van der Waals surface area contributed by atoms with Crippen molar-refractivity contribution in [2.45, 2.75) is 25.8 Å². The number of carbonyl (C=O) groups is 1. The molecule has 0 spiro atoms. The summed E-state index contributed by atoms with van der Waals surface area (Å²) in [7, 11) is 0. The molecular formula is C25H25N7O2. The molecule has 1 aliphatic rings. The van der Waals surface area contributed by atoms with Gasteiger partial charge in [-0.05, 0) is 43.9 Å². The first-order chi connectivity index (χ1) is 16.5. The first-order valence-electron chi connectivity index (χ1n) is 10.9. The summed E-state index contributed by atoms with van der Waals surface area (Å²) in [6, 6.07) is 12.9. The summed E-state index contributed by atoms with van der Waals surface area (Å²) in [5.74, 6) is 6.88. The van der Waals surface area contributed by atoms with Gasteiger partial charge in [0.1, 0.15) is 23.7 Å². The van der Waals surface area contributed by atoms with Crippen LogP contribution in [0.3, 0.4) is 0 Å². The number of rotatable bonds is 6. The van der Waals surface area contributed by atoms with E-state index in [0.717, 1.165) is 12.8 Å². The lowest BCUT2D eigenvalue weighted by atomic mass is 10.0. The summed E-state index contributed by atoms with van der Waals surface area (Å²) in [6.45, 7) is 2.86. The zero-order chi connectivity index (χ0) is 23.9. The standard InChI is InChI=1S/C25H25N7O2/c1-2-6-21(33)32-13-11-18(12-14-32)31-25-22(24(27)29-16-30-25)23(26)17-9-10-20(28-15-17)34-19-7-4-3-5-8-19/h3-5,7-10,15-16,18,26H,11-14H2,1H3,(H3,27,29,30,31). The van der Waals surface area contributed by atoms with Crippen molar-refractivity contribution in [3.05, 3.63) is 66.1 Å². The van der Waals surface area contributed by atoms with Gasteiger partial charge in [-0.15, -0.1) is 0 Å². The maximum atomic E-state index is 12.0. The van der Waals surface area contributed by atoms with Gasteiger partial charge in [0.25, 0.3) is 5.91 Å². The van der Waals surface area contributed by atoms with Crippen LogP contribution in [-0.2, 0) is 4.79 Å². The molecule has 0 unspecified atom stereocenters. The third-order valence-electron chi connectivity index (χ3n) is 5.47. The van der Waals surface area contributed by atoms with Gasteiger partial charge in [-0.2, -0.15) is 0 Å². The number of amides is 1. The molecular weight excluding hydrogens is 430 g/mol. The lowest BCUT2D eigenvalue weighted by molar-refractivity contribution is -0.126. The summed E-state index contributed by atoms with van der Waals surface area (Å²) in [6.07, 6.45) is 4.41. The quantitative estimate of drug-likeness (QED) is 0.385. The van der Waals surface area contributed by atoms with Gasteiger partial charge in [0, 0.05) is 37.0 Å². The molecule has 0 radical (unpaired) electrons. The van der Waals surface area contributed by atoms with Gasteiger partial charge in [-0.25, -0.2) is 15.0 Å². The molecule has 1 aliphatic heterocycles. The fraction of sp³-hybridized carbons (Fsp3) is 0.240. The summed E-state index contributed by atoms with van der Waals surface area (Å²) < 4.78 is 5.73. The molecule has 0 bridgehead atoms. The van der Waals surface area contributed by atoms with Gasteiger partial charge in [-0.1, -0.05) is 24.1 Å². The van der Waals surface area contributed by atoms with Crippen LogP contribution >= 0.6 is 0 Å². The number of piperidine rings is 1. The zero-order valence-electron chi connectivity index (χ0n) is 18.8. The molecule has 4 N–H and O–H groups in total. The third kappa shape index (κ3) is 5.30. The van der Waals surface area contributed by atoms with Crippen LogP contribution in [0.1, 0.15) is 30.9 Å². The number of nitrogens with two attached hydrogens (primary N) is 1. The van der Waals surface area contributed by atoms with E-state index >= 15 is 0 Å². The highest BCUT2D eigenvalue weighted by molar-refractivity contribution is 6.16. The highest BCUT2D eigenvalue weighted by Crippen LogP contribution is 2.25. The highest BCUT2D eigenvalue weighted by Gasteiger charge is 2.24. The molecule has 1 amide bonds. The van der Waals surface area contributed by atoms with E-state index in [1.165, 1.54) is 6.33 Å². The number of nitrogen functional groups attached to an aromatic ring is 1. The number of benzene rings is 1. The number of likely N-dealkylation sites (tertiary alicyclic amines) is 1. The van der Waals surface area contributed by atoms with E-state index in [-0.39, 0.29) is 23.5 Å². The van der Waals surface area contributed by atoms with Crippen LogP contribution < -0.4 is 15.8 Å². The summed E-state index contributed by atoms with van der Waals surface area (Å²) in [5, 5.41) is 12.1. The van der Waals surface area contributed by atoms with Crippen LogP contribution in [0.4, 0.5) is 11.6 Å². The largest absolute Gasteiger partial charge is 0.439 e. The van der Waals surface area contributed by atoms with Crippen LogP contribution in [0.5, 0.6) is 11.6 Å². The molecule has 9 heteroatoms. The predicted octanol–water partition coefficient (Wildman–Crippen LogP) is 3.09. The first kappa shape index (κ1) is 22.7. The average molecular weight is 456 g/mol. The number of ether oxygens (including phenoxy) is 1. The van der Waals surface area contributed by atoms with Gasteiger partial charge < -0.3 is 20.7 Å². The van der Waals surface area contributed by atoms with Crippen LogP contribution in [-0.4, -0.2) is 50.6 Å². The van der Waals surface area contributed by atoms with E-state index in [0.29, 0.717) is 41.7 Å². The molecule has 4 rings (SSSR count). The van der Waals surface area contributed by atoms with Crippen LogP contribution in [0.2, 0.25) is 0 Å². The third-order valence-corrected chi connectivity index (χ3v) is 5.47. The maximum Gasteiger partial charge on any atom is 0.298 e. The van der Waals surface area contributed by atoms with E-state index in [2.05, 4.69) is 32.1 Å². The fourth-order valence-corrected chi connectivity index (χ4v) is 3.70. The molecule has 0 atom stereocenters. The van der Waals surface area contributed by atoms with Gasteiger partial charge in [0.15, 0.2) is 0 Å². The minimum atomic E-state index is -0.151. The van der Waals surface area contributed by atoms with Crippen molar-refractivity contribution >= 4 is 23.3 Å². The van der Waals surface area contributed by atoms with E-state index in [9.17, 15) is 4.79 Å². The summed E-state index contributed by atoms with van der Waals surface area (Å²) in [5.41, 5.74) is 7.28. The second-order valence-electron chi connectivity index (χ2n) is 7.74. The number of para-hydroxylation sites is 1. The highest BCUT2D eigenvalue weighted by atomic mass is 16.5. The first-order valence-corrected chi connectivity index (χ1v) is 10.9. The number of hydrogen-bond donors (Lipinski definition) is 3. The van der Waals surface area contributed by atoms with Crippen molar-refractivity contribution in [3.8, 4) is 23.5 Å². The zero-order valence-corrected chi connectivity index (χ0v) is 18.8. The number of anilines is 2. The van der Waals surface area contributed by atoms with Crippen molar-refractivity contribution in [2.75, 3.05) is 24.1 Å². The van der Waals surface area contributed by atoms with Crippen molar-refractivity contribution in [2.24, 2.45) is 0 Å². The van der Waals surface area contributed by atoms with E-state index in [1.807, 2.05) is 30.3 Å². The summed E-state index contributed by atoms with van der Waals surface area (Å²) in [4.78, 5) is 26.5. The number of hydrogen-bond acceptors (Lipinski definition) is 8. The molecule has 2 aromatic heterocycles. The monoisotopic (exact) mass is 455 g/mol. The van der Waals surface area contributed by atoms with Gasteiger partial charge >= 0.3 is 0 Å². The van der Waals surface area contributed by atoms with Gasteiger partial charge in [-0.3, -0.25) is 10.2 Å². The Bertz CT molecular complexity index is 1230. The van der Waals surface area contributed by atoms with Crippen LogP contribution in [0, 0.1) is 17.3 Å². The Balaban J connectivity index is 1.46. The van der Waals surface area contributed by atoms with Crippen LogP contribution in [0.25, 0.3) is 0 Å². The molecule has 1 aromatic carbocycles. The number of nitrogens with one attached hydrogen (secondary N) is 2. The Labute approximate surface area is 197 Å². The lowest BCUT2D eigenvalue weighted by Gasteiger charge is -2.31. The van der Waals surface area contributed by atoms with E-state index < -0.39 is 0 Å². The Hall–Kier alpha value is -4.45. The smallest absolute Gasteiger partial charge is 0.298 e. The second-order valence-corrected chi connectivity index (χ2v) is 7.74. The Morgan fingerprint density at radius 3 is 2.59 bits per heavy atom. The lowest BCUT2D eigenvalue weighted by Crippen LogP contribution is -2.42. The molecule has 0 saturated carbocycles. The Morgan fingerprint density at radius 2 is 1.91 bits per heavy atom. The number of carbonyl (C=O) groups excluding carboxylic acids is 1. The Kier molecular flexibility index (Phi) is 6.98. The van der Waals surface area contributed by atoms with Gasteiger partial charge in [0.2, 0.25) is 5.88 Å². The minimum absolute atomic E-state index is 0.0826. The van der Waals surface area contributed by atoms with Crippen molar-refractivity contribution in [3.63, 3.8) is 0 Å². The Morgan fingerprint density at radius 1 is 1.15 bits per heavy atom. The van der Waals surface area contributed by atoms with Crippen molar-refractivity contribution < 1.29 is 9.53 Å². The molecule has 34 heavy (non-hydrogen) atoms. The molecule has 9 nitrogen and oxygen atoms in total. The summed E-state index contributed by atoms with van der Waals surface area (Å²) >= 11 is 0. The van der Waals surface area contributed by atoms with Crippen LogP contribution in [0.15, 0.2) is 55.0 Å². The molecule has 3 aromatic rings. The fourth-order valence-electron chi connectivity index (χ4n) is 3.70. The molecule has 1 fully saturated rings. The number of nitrogens with zero attached hydrogens (tertiary/aromatic N) is 4. The number of aromatic nitrogens is 3. The van der Waals surface area contributed by atoms with Gasteiger partial charge in [0.05, 0.1) is 11.3 Å². The van der Waals surface area contributed by atoms with E-state index in [1.54, 1.807) is 30.2 Å².